The van der Waals surface area contributed by atoms with E-state index in [9.17, 15) is 14.5 Å². The number of nitro benzene ring substituents is 1. The molecular formula is C11H13FN2O2. The van der Waals surface area contributed by atoms with Crippen molar-refractivity contribution in [1.82, 2.24) is 0 Å². The molecule has 0 radical (unpaired) electrons. The molecule has 0 aromatic heterocycles. The normalized spacial score (nSPS) is 10.6. The molecule has 0 spiro atoms. The van der Waals surface area contributed by atoms with E-state index in [0.29, 0.717) is 12.2 Å². The number of benzene rings is 1. The van der Waals surface area contributed by atoms with E-state index < -0.39 is 10.7 Å². The van der Waals surface area contributed by atoms with Crippen LogP contribution < -0.4 is 5.32 Å². The van der Waals surface area contributed by atoms with Crippen molar-refractivity contribution in [2.24, 2.45) is 0 Å². The summed E-state index contributed by atoms with van der Waals surface area (Å²) in [6, 6.07) is 3.49. The lowest BCUT2D eigenvalue weighted by Crippen LogP contribution is -2.03. The van der Waals surface area contributed by atoms with E-state index >= 15 is 0 Å². The molecule has 0 fully saturated rings. The minimum atomic E-state index is -0.606. The summed E-state index contributed by atoms with van der Waals surface area (Å²) in [7, 11) is 0. The molecule has 1 rings (SSSR count). The minimum Gasteiger partial charge on any atom is -0.379 e. The molecule has 1 N–H and O–H groups in total. The van der Waals surface area contributed by atoms with Crippen molar-refractivity contribution >= 4 is 11.4 Å². The highest BCUT2D eigenvalue weighted by atomic mass is 19.1. The summed E-state index contributed by atoms with van der Waals surface area (Å²) in [6.07, 6.45) is 4.62. The van der Waals surface area contributed by atoms with Crippen LogP contribution in [0.25, 0.3) is 0 Å². The van der Waals surface area contributed by atoms with Crippen molar-refractivity contribution < 1.29 is 9.31 Å². The van der Waals surface area contributed by atoms with Gasteiger partial charge >= 0.3 is 0 Å². The van der Waals surface area contributed by atoms with Gasteiger partial charge in [-0.3, -0.25) is 10.1 Å². The first-order valence-electron chi connectivity index (χ1n) is 4.94. The molecule has 5 heteroatoms. The molecule has 4 nitrogen and oxygen atoms in total. The van der Waals surface area contributed by atoms with E-state index in [-0.39, 0.29) is 5.69 Å². The number of halogens is 1. The second-order valence-corrected chi connectivity index (χ2v) is 3.20. The van der Waals surface area contributed by atoms with Crippen LogP contribution in [0.5, 0.6) is 0 Å². The molecule has 0 aliphatic rings. The molecule has 1 aromatic carbocycles. The van der Waals surface area contributed by atoms with E-state index in [1.165, 1.54) is 12.1 Å². The average Bonchev–Trinajstić information content (AvgIpc) is 2.26. The van der Waals surface area contributed by atoms with Gasteiger partial charge in [-0.1, -0.05) is 12.2 Å². The Balaban J connectivity index is 2.75. The molecule has 86 valence electrons. The monoisotopic (exact) mass is 224 g/mol. The summed E-state index contributed by atoms with van der Waals surface area (Å²) in [5.74, 6) is -0.606. The van der Waals surface area contributed by atoms with E-state index in [1.807, 2.05) is 19.1 Å². The molecule has 0 unspecified atom stereocenters. The van der Waals surface area contributed by atoms with Crippen LogP contribution >= 0.6 is 0 Å². The van der Waals surface area contributed by atoms with Gasteiger partial charge < -0.3 is 5.32 Å². The SMILES string of the molecule is C/C=C/CCNc1ccc(F)cc1[N+](=O)[O-]. The van der Waals surface area contributed by atoms with Gasteiger partial charge in [-0.2, -0.15) is 0 Å². The summed E-state index contributed by atoms with van der Waals surface area (Å²) < 4.78 is 12.8. The van der Waals surface area contributed by atoms with Crippen LogP contribution in [0, 0.1) is 15.9 Å². The third-order valence-corrected chi connectivity index (χ3v) is 2.02. The number of allylic oxidation sites excluding steroid dienone is 1. The standard InChI is InChI=1S/C11H13FN2O2/c1-2-3-4-7-13-10-6-5-9(12)8-11(10)14(15)16/h2-3,5-6,8,13H,4,7H2,1H3/b3-2+. The molecule has 1 aromatic rings. The number of hydrogen-bond donors (Lipinski definition) is 1. The van der Waals surface area contributed by atoms with Crippen molar-refractivity contribution in [3.63, 3.8) is 0 Å². The van der Waals surface area contributed by atoms with Gasteiger partial charge in [0.05, 0.1) is 11.0 Å². The van der Waals surface area contributed by atoms with Gasteiger partial charge in [0, 0.05) is 6.54 Å². The van der Waals surface area contributed by atoms with Gasteiger partial charge in [0.15, 0.2) is 0 Å². The summed E-state index contributed by atoms with van der Waals surface area (Å²) in [6.45, 7) is 2.48. The largest absolute Gasteiger partial charge is 0.379 e. The summed E-state index contributed by atoms with van der Waals surface area (Å²) in [4.78, 5) is 10.1. The Bertz CT molecular complexity index is 405. The average molecular weight is 224 g/mol. The predicted molar refractivity (Wildman–Crippen MR) is 61.0 cm³/mol. The molecule has 0 aliphatic heterocycles. The Hall–Kier alpha value is -1.91. The fraction of sp³-hybridized carbons (Fsp3) is 0.273. The van der Waals surface area contributed by atoms with E-state index in [4.69, 9.17) is 0 Å². The number of hydrogen-bond acceptors (Lipinski definition) is 3. The Labute approximate surface area is 92.9 Å². The van der Waals surface area contributed by atoms with E-state index in [1.54, 1.807) is 0 Å². The highest BCUT2D eigenvalue weighted by Gasteiger charge is 2.13. The highest BCUT2D eigenvalue weighted by Crippen LogP contribution is 2.24. The lowest BCUT2D eigenvalue weighted by Gasteiger charge is -2.05. The summed E-state index contributed by atoms with van der Waals surface area (Å²) in [5, 5.41) is 13.5. The zero-order valence-corrected chi connectivity index (χ0v) is 8.94. The number of anilines is 1. The molecule has 0 atom stereocenters. The number of nitro groups is 1. The maximum Gasteiger partial charge on any atom is 0.295 e. The van der Waals surface area contributed by atoms with Crippen molar-refractivity contribution in [1.29, 1.82) is 0 Å². The lowest BCUT2D eigenvalue weighted by atomic mass is 10.2. The summed E-state index contributed by atoms with van der Waals surface area (Å²) >= 11 is 0. The van der Waals surface area contributed by atoms with Gasteiger partial charge in [0.2, 0.25) is 0 Å². The first-order valence-corrected chi connectivity index (χ1v) is 4.94. The van der Waals surface area contributed by atoms with Crippen LogP contribution in [0.15, 0.2) is 30.4 Å². The minimum absolute atomic E-state index is 0.236. The topological polar surface area (TPSA) is 55.2 Å². The van der Waals surface area contributed by atoms with Crippen molar-refractivity contribution in [2.75, 3.05) is 11.9 Å². The lowest BCUT2D eigenvalue weighted by molar-refractivity contribution is -0.384. The second kappa shape index (κ2) is 5.85. The molecule has 0 saturated heterocycles. The van der Waals surface area contributed by atoms with Gasteiger partial charge in [-0.05, 0) is 25.5 Å². The third-order valence-electron chi connectivity index (χ3n) is 2.02. The Kier molecular flexibility index (Phi) is 4.44. The Morgan fingerprint density at radius 1 is 1.56 bits per heavy atom. The van der Waals surface area contributed by atoms with Gasteiger partial charge in [0.1, 0.15) is 11.5 Å². The number of rotatable bonds is 5. The van der Waals surface area contributed by atoms with Crippen molar-refractivity contribution in [3.8, 4) is 0 Å². The molecule has 0 heterocycles. The molecule has 16 heavy (non-hydrogen) atoms. The molecule has 0 saturated carbocycles. The zero-order chi connectivity index (χ0) is 12.0. The summed E-state index contributed by atoms with van der Waals surface area (Å²) in [5.41, 5.74) is 0.108. The maximum atomic E-state index is 12.8. The molecule has 0 amide bonds. The third kappa shape index (κ3) is 3.34. The predicted octanol–water partition coefficient (Wildman–Crippen LogP) is 3.11. The highest BCUT2D eigenvalue weighted by molar-refractivity contribution is 5.61. The van der Waals surface area contributed by atoms with Crippen LogP contribution in [-0.4, -0.2) is 11.5 Å². The maximum absolute atomic E-state index is 12.8. The van der Waals surface area contributed by atoms with Gasteiger partial charge in [0.25, 0.3) is 5.69 Å². The molecule has 0 bridgehead atoms. The molecular weight excluding hydrogens is 211 g/mol. The van der Waals surface area contributed by atoms with Crippen molar-refractivity contribution in [3.05, 3.63) is 46.3 Å². The van der Waals surface area contributed by atoms with Gasteiger partial charge in [-0.25, -0.2) is 4.39 Å². The smallest absolute Gasteiger partial charge is 0.295 e. The fourth-order valence-corrected chi connectivity index (χ4v) is 1.26. The van der Waals surface area contributed by atoms with Crippen LogP contribution in [0.4, 0.5) is 15.8 Å². The van der Waals surface area contributed by atoms with Crippen LogP contribution in [-0.2, 0) is 0 Å². The van der Waals surface area contributed by atoms with E-state index in [0.717, 1.165) is 12.5 Å². The van der Waals surface area contributed by atoms with Gasteiger partial charge in [-0.15, -0.1) is 0 Å². The fourth-order valence-electron chi connectivity index (χ4n) is 1.26. The van der Waals surface area contributed by atoms with Crippen LogP contribution in [0.2, 0.25) is 0 Å². The molecule has 0 aliphatic carbocycles. The van der Waals surface area contributed by atoms with Crippen LogP contribution in [0.3, 0.4) is 0 Å². The zero-order valence-electron chi connectivity index (χ0n) is 8.94. The first kappa shape index (κ1) is 12.2. The number of nitrogens with one attached hydrogen (secondary N) is 1. The van der Waals surface area contributed by atoms with Crippen LogP contribution in [0.1, 0.15) is 13.3 Å². The Morgan fingerprint density at radius 3 is 2.94 bits per heavy atom. The van der Waals surface area contributed by atoms with Crippen molar-refractivity contribution in [2.45, 2.75) is 13.3 Å². The second-order valence-electron chi connectivity index (χ2n) is 3.20. The Morgan fingerprint density at radius 2 is 2.31 bits per heavy atom. The van der Waals surface area contributed by atoms with E-state index in [2.05, 4.69) is 5.32 Å². The quantitative estimate of drug-likeness (QED) is 0.362. The first-order chi connectivity index (χ1) is 7.65. The number of nitrogens with zero attached hydrogens (tertiary/aromatic N) is 1.